The molecule has 1 aromatic heterocycles. The number of H-pyrrole nitrogens is 1. The highest BCUT2D eigenvalue weighted by atomic mass is 16.6. The molecule has 0 saturated carbocycles. The molecular weight excluding hydrogens is 332 g/mol. The molecule has 2 heterocycles. The summed E-state index contributed by atoms with van der Waals surface area (Å²) in [6, 6.07) is 11.2. The van der Waals surface area contributed by atoms with Crippen LogP contribution in [-0.2, 0) is 4.74 Å². The summed E-state index contributed by atoms with van der Waals surface area (Å²) < 4.78 is 5.49. The summed E-state index contributed by atoms with van der Waals surface area (Å²) in [6.07, 6.45) is 3.44. The van der Waals surface area contributed by atoms with Gasteiger partial charge >= 0.3 is 6.09 Å². The van der Waals surface area contributed by atoms with E-state index in [2.05, 4.69) is 4.98 Å². The second kappa shape index (κ2) is 8.19. The maximum absolute atomic E-state index is 12.3. The van der Waals surface area contributed by atoms with Crippen LogP contribution in [0.1, 0.15) is 37.8 Å². The van der Waals surface area contributed by atoms with Crippen molar-refractivity contribution in [3.05, 3.63) is 58.5 Å². The van der Waals surface area contributed by atoms with Crippen molar-refractivity contribution < 1.29 is 14.6 Å². The first-order chi connectivity index (χ1) is 12.6. The van der Waals surface area contributed by atoms with E-state index >= 15 is 0 Å². The lowest BCUT2D eigenvalue weighted by atomic mass is 10.0. The van der Waals surface area contributed by atoms with E-state index in [0.717, 1.165) is 23.1 Å². The molecule has 1 amide bonds. The number of nitrogens with one attached hydrogen (secondary N) is 1. The first-order valence-electron chi connectivity index (χ1n) is 8.95. The Bertz CT molecular complexity index is 780. The fourth-order valence-electron chi connectivity index (χ4n) is 3.24. The van der Waals surface area contributed by atoms with E-state index in [0.29, 0.717) is 19.4 Å². The van der Waals surface area contributed by atoms with Gasteiger partial charge < -0.3 is 19.7 Å². The third kappa shape index (κ3) is 4.14. The molecule has 1 saturated heterocycles. The minimum Gasteiger partial charge on any atom is -0.446 e. The predicted octanol–water partition coefficient (Wildman–Crippen LogP) is 3.09. The fourth-order valence-corrected chi connectivity index (χ4v) is 3.24. The molecule has 3 rings (SSSR count). The van der Waals surface area contributed by atoms with Crippen LogP contribution in [0.4, 0.5) is 4.79 Å². The molecule has 1 aliphatic heterocycles. The minimum absolute atomic E-state index is 0.0778. The number of nitrogens with zero attached hydrogens (tertiary/aromatic N) is 1. The van der Waals surface area contributed by atoms with Crippen molar-refractivity contribution in [1.82, 2.24) is 9.88 Å². The number of hydrogen-bond acceptors (Lipinski definition) is 4. The lowest BCUT2D eigenvalue weighted by Crippen LogP contribution is -2.43. The summed E-state index contributed by atoms with van der Waals surface area (Å²) in [5.74, 6) is 0. The number of aliphatic hydroxyl groups is 1. The maximum Gasteiger partial charge on any atom is 0.410 e. The Morgan fingerprint density at radius 3 is 2.54 bits per heavy atom. The number of carbonyl (C=O) groups is 1. The van der Waals surface area contributed by atoms with Gasteiger partial charge in [0.25, 0.3) is 0 Å². The van der Waals surface area contributed by atoms with Gasteiger partial charge in [0.2, 0.25) is 5.56 Å². The number of cyclic esters (lactones) is 1. The highest BCUT2D eigenvalue weighted by molar-refractivity contribution is 5.69. The molecule has 138 valence electrons. The van der Waals surface area contributed by atoms with Gasteiger partial charge in [-0.15, -0.1) is 0 Å². The molecule has 0 bridgehead atoms. The van der Waals surface area contributed by atoms with Crippen molar-refractivity contribution in [2.45, 2.75) is 38.3 Å². The Balaban J connectivity index is 1.66. The average molecular weight is 356 g/mol. The number of aliphatic hydroxyl groups excluding tert-OH is 1. The third-order valence-electron chi connectivity index (χ3n) is 4.86. The Hall–Kier alpha value is -2.60. The Morgan fingerprint density at radius 2 is 1.92 bits per heavy atom. The SMILES string of the molecule is CC(c1ccc(-c2ccc(=O)[nH]c2)cc1)N1CCC(CCCO)OC1=O. The highest BCUT2D eigenvalue weighted by Crippen LogP contribution is 2.28. The van der Waals surface area contributed by atoms with Crippen LogP contribution in [0, 0.1) is 0 Å². The molecule has 0 aliphatic carbocycles. The van der Waals surface area contributed by atoms with Crippen LogP contribution in [0.3, 0.4) is 0 Å². The van der Waals surface area contributed by atoms with Crippen molar-refractivity contribution in [3.8, 4) is 11.1 Å². The highest BCUT2D eigenvalue weighted by Gasteiger charge is 2.30. The predicted molar refractivity (Wildman–Crippen MR) is 98.8 cm³/mol. The number of aromatic nitrogens is 1. The number of aromatic amines is 1. The first kappa shape index (κ1) is 18.2. The Morgan fingerprint density at radius 1 is 1.19 bits per heavy atom. The number of rotatable bonds is 6. The number of amides is 1. The van der Waals surface area contributed by atoms with E-state index in [-0.39, 0.29) is 30.4 Å². The lowest BCUT2D eigenvalue weighted by molar-refractivity contribution is 0.00760. The number of hydrogen-bond donors (Lipinski definition) is 2. The van der Waals surface area contributed by atoms with Crippen LogP contribution in [0.25, 0.3) is 11.1 Å². The van der Waals surface area contributed by atoms with Crippen LogP contribution >= 0.6 is 0 Å². The molecule has 2 unspecified atom stereocenters. The topological polar surface area (TPSA) is 82.6 Å². The molecule has 2 aromatic rings. The zero-order valence-electron chi connectivity index (χ0n) is 14.9. The van der Waals surface area contributed by atoms with Crippen LogP contribution in [0.15, 0.2) is 47.4 Å². The van der Waals surface area contributed by atoms with E-state index in [1.54, 1.807) is 17.2 Å². The van der Waals surface area contributed by atoms with Gasteiger partial charge in [0.1, 0.15) is 6.10 Å². The molecule has 6 nitrogen and oxygen atoms in total. The van der Waals surface area contributed by atoms with Crippen LogP contribution in [-0.4, -0.2) is 40.3 Å². The Kier molecular flexibility index (Phi) is 5.73. The second-order valence-corrected chi connectivity index (χ2v) is 6.59. The molecule has 26 heavy (non-hydrogen) atoms. The molecule has 0 radical (unpaired) electrons. The molecule has 2 N–H and O–H groups in total. The van der Waals surface area contributed by atoms with Crippen LogP contribution in [0.5, 0.6) is 0 Å². The van der Waals surface area contributed by atoms with Gasteiger partial charge in [-0.1, -0.05) is 24.3 Å². The fraction of sp³-hybridized carbons (Fsp3) is 0.400. The van der Waals surface area contributed by atoms with E-state index in [1.807, 2.05) is 31.2 Å². The van der Waals surface area contributed by atoms with Gasteiger partial charge in [0.15, 0.2) is 0 Å². The molecular formula is C20H24N2O4. The monoisotopic (exact) mass is 356 g/mol. The quantitative estimate of drug-likeness (QED) is 0.833. The summed E-state index contributed by atoms with van der Waals surface area (Å²) >= 11 is 0. The van der Waals surface area contributed by atoms with Crippen molar-refractivity contribution in [1.29, 1.82) is 0 Å². The summed E-state index contributed by atoms with van der Waals surface area (Å²) in [4.78, 5) is 27.9. The van der Waals surface area contributed by atoms with Crippen molar-refractivity contribution in [3.63, 3.8) is 0 Å². The Labute approximate surface area is 152 Å². The zero-order chi connectivity index (χ0) is 18.5. The minimum atomic E-state index is -0.295. The van der Waals surface area contributed by atoms with Crippen molar-refractivity contribution in [2.75, 3.05) is 13.2 Å². The van der Waals surface area contributed by atoms with Crippen molar-refractivity contribution >= 4 is 6.09 Å². The van der Waals surface area contributed by atoms with Gasteiger partial charge in [-0.05, 0) is 42.5 Å². The molecule has 1 aliphatic rings. The molecule has 1 fully saturated rings. The van der Waals surface area contributed by atoms with Gasteiger partial charge in [-0.3, -0.25) is 4.79 Å². The summed E-state index contributed by atoms with van der Waals surface area (Å²) in [7, 11) is 0. The second-order valence-electron chi connectivity index (χ2n) is 6.59. The van der Waals surface area contributed by atoms with Gasteiger partial charge in [0, 0.05) is 31.8 Å². The zero-order valence-corrected chi connectivity index (χ0v) is 14.9. The number of benzene rings is 1. The summed E-state index contributed by atoms with van der Waals surface area (Å²) in [5.41, 5.74) is 2.85. The lowest BCUT2D eigenvalue weighted by Gasteiger charge is -2.35. The molecule has 6 heteroatoms. The van der Waals surface area contributed by atoms with Crippen LogP contribution in [0.2, 0.25) is 0 Å². The van der Waals surface area contributed by atoms with E-state index in [9.17, 15) is 9.59 Å². The third-order valence-corrected chi connectivity index (χ3v) is 4.86. The molecule has 0 spiro atoms. The number of pyridine rings is 1. The molecule has 1 aromatic carbocycles. The van der Waals surface area contributed by atoms with Gasteiger partial charge in [-0.2, -0.15) is 0 Å². The van der Waals surface area contributed by atoms with Crippen molar-refractivity contribution in [2.24, 2.45) is 0 Å². The smallest absolute Gasteiger partial charge is 0.410 e. The first-order valence-corrected chi connectivity index (χ1v) is 8.95. The van der Waals surface area contributed by atoms with E-state index in [4.69, 9.17) is 9.84 Å². The largest absolute Gasteiger partial charge is 0.446 e. The normalized spacial score (nSPS) is 18.5. The maximum atomic E-state index is 12.3. The number of ether oxygens (including phenoxy) is 1. The number of carbonyl (C=O) groups excluding carboxylic acids is 1. The van der Waals surface area contributed by atoms with E-state index in [1.165, 1.54) is 6.07 Å². The van der Waals surface area contributed by atoms with Gasteiger partial charge in [0.05, 0.1) is 6.04 Å². The summed E-state index contributed by atoms with van der Waals surface area (Å²) in [6.45, 7) is 2.76. The standard InChI is InChI=1S/C20H24N2O4/c1-14(22-11-10-18(3-2-12-23)26-20(22)25)15-4-6-16(7-5-15)17-8-9-19(24)21-13-17/h4-9,13-14,18,23H,2-3,10-12H2,1H3,(H,21,24). The average Bonchev–Trinajstić information content (AvgIpc) is 2.67. The van der Waals surface area contributed by atoms with Gasteiger partial charge in [-0.25, -0.2) is 4.79 Å². The molecule has 2 atom stereocenters. The van der Waals surface area contributed by atoms with E-state index < -0.39 is 0 Å². The summed E-state index contributed by atoms with van der Waals surface area (Å²) in [5, 5.41) is 8.90. The van der Waals surface area contributed by atoms with Crippen LogP contribution < -0.4 is 5.56 Å².